The summed E-state index contributed by atoms with van der Waals surface area (Å²) >= 11 is 0. The molecule has 0 aromatic heterocycles. The van der Waals surface area contributed by atoms with Crippen molar-refractivity contribution in [1.29, 1.82) is 0 Å². The third-order valence-electron chi connectivity index (χ3n) is 2.02. The third-order valence-corrected chi connectivity index (χ3v) is 2.02. The fraction of sp³-hybridized carbons (Fsp3) is 0.455. The van der Waals surface area contributed by atoms with E-state index in [4.69, 9.17) is 5.73 Å². The lowest BCUT2D eigenvalue weighted by molar-refractivity contribution is 0.0886. The Morgan fingerprint density at radius 3 is 2.53 bits per heavy atom. The van der Waals surface area contributed by atoms with E-state index in [1.165, 1.54) is 12.1 Å². The zero-order chi connectivity index (χ0) is 11.6. The van der Waals surface area contributed by atoms with E-state index >= 15 is 0 Å². The van der Waals surface area contributed by atoms with E-state index < -0.39 is 5.60 Å². The smallest absolute Gasteiger partial charge is 0.125 e. The Morgan fingerprint density at radius 1 is 1.47 bits per heavy atom. The van der Waals surface area contributed by atoms with Crippen LogP contribution in [0.25, 0.3) is 0 Å². The third kappa shape index (κ3) is 3.40. The molecule has 0 amide bonds. The molecule has 1 aromatic carbocycles. The largest absolute Gasteiger partial charge is 0.397 e. The molecule has 0 atom stereocenters. The first-order valence-corrected chi connectivity index (χ1v) is 4.78. The average molecular weight is 212 g/mol. The van der Waals surface area contributed by atoms with Gasteiger partial charge in [-0.1, -0.05) is 0 Å². The average Bonchev–Trinajstić information content (AvgIpc) is 1.99. The van der Waals surface area contributed by atoms with Crippen molar-refractivity contribution in [2.75, 3.05) is 24.2 Å². The van der Waals surface area contributed by atoms with Crippen molar-refractivity contribution in [3.8, 4) is 0 Å². The fourth-order valence-electron chi connectivity index (χ4n) is 1.54. The number of halogens is 1. The number of likely N-dealkylation sites (N-methyl/N-ethyl adjacent to an activating group) is 1. The Kier molecular flexibility index (Phi) is 3.19. The molecule has 0 radical (unpaired) electrons. The molecule has 0 saturated heterocycles. The highest BCUT2D eigenvalue weighted by Gasteiger charge is 2.17. The van der Waals surface area contributed by atoms with Crippen molar-refractivity contribution in [3.05, 3.63) is 24.0 Å². The number of aliphatic hydroxyl groups is 1. The van der Waals surface area contributed by atoms with Gasteiger partial charge in [0, 0.05) is 13.6 Å². The number of nitrogen functional groups attached to an aromatic ring is 1. The van der Waals surface area contributed by atoms with Crippen LogP contribution in [0.5, 0.6) is 0 Å². The maximum absolute atomic E-state index is 12.8. The SMILES string of the molecule is CN(CC(C)(C)O)c1ccc(F)cc1N. The summed E-state index contributed by atoms with van der Waals surface area (Å²) in [6.07, 6.45) is 0. The number of nitrogens with two attached hydrogens (primary N) is 1. The second-order valence-corrected chi connectivity index (χ2v) is 4.37. The number of benzene rings is 1. The molecule has 0 bridgehead atoms. The van der Waals surface area contributed by atoms with E-state index in [2.05, 4.69) is 0 Å². The Hall–Kier alpha value is -1.29. The lowest BCUT2D eigenvalue weighted by atomic mass is 10.1. The minimum absolute atomic E-state index is 0.354. The highest BCUT2D eigenvalue weighted by Crippen LogP contribution is 2.23. The Balaban J connectivity index is 2.87. The lowest BCUT2D eigenvalue weighted by Crippen LogP contribution is -2.36. The van der Waals surface area contributed by atoms with Crippen LogP contribution in [-0.4, -0.2) is 24.3 Å². The molecule has 1 aromatic rings. The number of anilines is 2. The standard InChI is InChI=1S/C11H17FN2O/c1-11(2,15)7-14(3)10-5-4-8(12)6-9(10)13/h4-6,15H,7,13H2,1-3H3. The predicted octanol–water partition coefficient (Wildman–Crippen LogP) is 1.61. The van der Waals surface area contributed by atoms with Crippen molar-refractivity contribution < 1.29 is 9.50 Å². The van der Waals surface area contributed by atoms with Crippen molar-refractivity contribution in [1.82, 2.24) is 0 Å². The molecule has 0 saturated carbocycles. The zero-order valence-corrected chi connectivity index (χ0v) is 9.29. The van der Waals surface area contributed by atoms with Gasteiger partial charge in [0.1, 0.15) is 5.82 Å². The van der Waals surface area contributed by atoms with Gasteiger partial charge in [-0.25, -0.2) is 4.39 Å². The van der Waals surface area contributed by atoms with Crippen LogP contribution in [0, 0.1) is 5.82 Å². The van der Waals surface area contributed by atoms with Gasteiger partial charge in [-0.15, -0.1) is 0 Å². The van der Waals surface area contributed by atoms with Crippen molar-refractivity contribution in [2.45, 2.75) is 19.4 Å². The number of hydrogen-bond acceptors (Lipinski definition) is 3. The zero-order valence-electron chi connectivity index (χ0n) is 9.29. The summed E-state index contributed by atoms with van der Waals surface area (Å²) in [6.45, 7) is 3.86. The topological polar surface area (TPSA) is 49.5 Å². The Morgan fingerprint density at radius 2 is 2.07 bits per heavy atom. The van der Waals surface area contributed by atoms with Gasteiger partial charge in [0.05, 0.1) is 17.0 Å². The van der Waals surface area contributed by atoms with Crippen molar-refractivity contribution in [2.24, 2.45) is 0 Å². The molecule has 0 aliphatic carbocycles. The molecule has 15 heavy (non-hydrogen) atoms. The van der Waals surface area contributed by atoms with Crippen molar-refractivity contribution in [3.63, 3.8) is 0 Å². The summed E-state index contributed by atoms with van der Waals surface area (Å²) in [5.41, 5.74) is 5.97. The van der Waals surface area contributed by atoms with Gasteiger partial charge in [-0.3, -0.25) is 0 Å². The molecule has 0 spiro atoms. The molecule has 3 nitrogen and oxygen atoms in total. The minimum atomic E-state index is -0.810. The summed E-state index contributed by atoms with van der Waals surface area (Å²) < 4.78 is 12.8. The van der Waals surface area contributed by atoms with Gasteiger partial charge in [0.15, 0.2) is 0 Å². The lowest BCUT2D eigenvalue weighted by Gasteiger charge is -2.28. The number of hydrogen-bond donors (Lipinski definition) is 2. The van der Waals surface area contributed by atoms with Crippen LogP contribution >= 0.6 is 0 Å². The van der Waals surface area contributed by atoms with Gasteiger partial charge in [-0.2, -0.15) is 0 Å². The highest BCUT2D eigenvalue weighted by atomic mass is 19.1. The van der Waals surface area contributed by atoms with Gasteiger partial charge in [0.2, 0.25) is 0 Å². The minimum Gasteiger partial charge on any atom is -0.397 e. The van der Waals surface area contributed by atoms with E-state index in [1.54, 1.807) is 24.8 Å². The van der Waals surface area contributed by atoms with E-state index in [1.807, 2.05) is 7.05 Å². The Bertz CT molecular complexity index is 347. The molecule has 0 unspecified atom stereocenters. The quantitative estimate of drug-likeness (QED) is 0.748. The van der Waals surface area contributed by atoms with Gasteiger partial charge >= 0.3 is 0 Å². The summed E-state index contributed by atoms with van der Waals surface area (Å²) in [4.78, 5) is 1.80. The maximum atomic E-state index is 12.8. The molecule has 0 aliphatic rings. The first-order chi connectivity index (χ1) is 6.79. The van der Waals surface area contributed by atoms with Crippen LogP contribution in [0.2, 0.25) is 0 Å². The van der Waals surface area contributed by atoms with Crippen LogP contribution in [0.3, 0.4) is 0 Å². The van der Waals surface area contributed by atoms with Gasteiger partial charge in [0.25, 0.3) is 0 Å². The summed E-state index contributed by atoms with van der Waals surface area (Å²) in [5.74, 6) is -0.354. The van der Waals surface area contributed by atoms with Gasteiger partial charge in [-0.05, 0) is 32.0 Å². The monoisotopic (exact) mass is 212 g/mol. The summed E-state index contributed by atoms with van der Waals surface area (Å²) in [6, 6.07) is 4.24. The van der Waals surface area contributed by atoms with Crippen LogP contribution in [0.4, 0.5) is 15.8 Å². The van der Waals surface area contributed by atoms with E-state index in [0.29, 0.717) is 12.2 Å². The molecule has 3 N–H and O–H groups in total. The van der Waals surface area contributed by atoms with Gasteiger partial charge < -0.3 is 15.7 Å². The molecule has 1 rings (SSSR count). The molecular formula is C11H17FN2O. The second-order valence-electron chi connectivity index (χ2n) is 4.37. The predicted molar refractivity (Wildman–Crippen MR) is 60.4 cm³/mol. The molecule has 0 fully saturated rings. The molecule has 0 aliphatic heterocycles. The van der Waals surface area contributed by atoms with E-state index in [-0.39, 0.29) is 5.82 Å². The molecule has 0 heterocycles. The van der Waals surface area contributed by atoms with Crippen LogP contribution < -0.4 is 10.6 Å². The molecule has 84 valence electrons. The maximum Gasteiger partial charge on any atom is 0.125 e. The van der Waals surface area contributed by atoms with Crippen LogP contribution in [-0.2, 0) is 0 Å². The van der Waals surface area contributed by atoms with Crippen LogP contribution in [0.15, 0.2) is 18.2 Å². The highest BCUT2D eigenvalue weighted by molar-refractivity contribution is 5.67. The van der Waals surface area contributed by atoms with E-state index in [0.717, 1.165) is 5.69 Å². The fourth-order valence-corrected chi connectivity index (χ4v) is 1.54. The first-order valence-electron chi connectivity index (χ1n) is 4.78. The molecule has 4 heteroatoms. The first kappa shape index (κ1) is 11.8. The molecular weight excluding hydrogens is 195 g/mol. The van der Waals surface area contributed by atoms with Crippen LogP contribution in [0.1, 0.15) is 13.8 Å². The number of nitrogens with zero attached hydrogens (tertiary/aromatic N) is 1. The second kappa shape index (κ2) is 4.06. The summed E-state index contributed by atoms with van der Waals surface area (Å²) in [7, 11) is 1.81. The normalized spacial score (nSPS) is 11.5. The summed E-state index contributed by atoms with van der Waals surface area (Å²) in [5, 5.41) is 9.64. The Labute approximate surface area is 89.3 Å². The van der Waals surface area contributed by atoms with Crippen molar-refractivity contribution >= 4 is 11.4 Å². The van der Waals surface area contributed by atoms with E-state index in [9.17, 15) is 9.50 Å². The number of rotatable bonds is 3.